The van der Waals surface area contributed by atoms with Gasteiger partial charge in [0.2, 0.25) is 0 Å². The van der Waals surface area contributed by atoms with Crippen molar-refractivity contribution in [2.24, 2.45) is 17.7 Å². The van der Waals surface area contributed by atoms with Crippen molar-refractivity contribution in [3.63, 3.8) is 0 Å². The van der Waals surface area contributed by atoms with Gasteiger partial charge in [0.05, 0.1) is 12.2 Å². The lowest BCUT2D eigenvalue weighted by Crippen LogP contribution is -2.24. The highest BCUT2D eigenvalue weighted by atomic mass is 16.5. The zero-order chi connectivity index (χ0) is 12.0. The second-order valence-electron chi connectivity index (χ2n) is 6.30. The van der Waals surface area contributed by atoms with Crippen molar-refractivity contribution >= 4 is 0 Å². The van der Waals surface area contributed by atoms with Gasteiger partial charge in [-0.1, -0.05) is 0 Å². The van der Waals surface area contributed by atoms with E-state index in [2.05, 4.69) is 32.7 Å². The molecule has 0 aromatic carbocycles. The summed E-state index contributed by atoms with van der Waals surface area (Å²) in [5.41, 5.74) is -0.109. The first-order valence-corrected chi connectivity index (χ1v) is 6.10. The van der Waals surface area contributed by atoms with Crippen LogP contribution < -0.4 is 0 Å². The SMILES string of the molecule is [2H]C1(COC(C)(C)C)CC2CN(C)CC2C1. The van der Waals surface area contributed by atoms with Gasteiger partial charge in [-0.15, -0.1) is 0 Å². The van der Waals surface area contributed by atoms with Crippen LogP contribution in [-0.4, -0.2) is 37.2 Å². The molecule has 2 rings (SSSR count). The standard InChI is InChI=1S/C13H25NO/c1-13(2,3)15-9-10-5-11-7-14(4)8-12(11)6-10/h10-12H,5-9H2,1-4H3/i10D. The zero-order valence-electron chi connectivity index (χ0n) is 11.5. The Bertz CT molecular complexity index is 247. The Morgan fingerprint density at radius 1 is 1.27 bits per heavy atom. The third-order valence-electron chi connectivity index (χ3n) is 3.57. The summed E-state index contributed by atoms with van der Waals surface area (Å²) in [5, 5.41) is 0. The van der Waals surface area contributed by atoms with E-state index in [0.717, 1.165) is 24.7 Å². The highest BCUT2D eigenvalue weighted by Crippen LogP contribution is 2.41. The summed E-state index contributed by atoms with van der Waals surface area (Å²) >= 11 is 0. The molecular weight excluding hydrogens is 186 g/mol. The highest BCUT2D eigenvalue weighted by molar-refractivity contribution is 4.91. The Morgan fingerprint density at radius 3 is 2.27 bits per heavy atom. The summed E-state index contributed by atoms with van der Waals surface area (Å²) in [6, 6.07) is 0. The van der Waals surface area contributed by atoms with Crippen molar-refractivity contribution in [3.05, 3.63) is 0 Å². The van der Waals surface area contributed by atoms with Gasteiger partial charge in [0.15, 0.2) is 0 Å². The molecule has 0 bridgehead atoms. The molecule has 0 aromatic heterocycles. The maximum Gasteiger partial charge on any atom is 0.0598 e. The normalized spacial score (nSPS) is 43.1. The highest BCUT2D eigenvalue weighted by Gasteiger charge is 2.39. The van der Waals surface area contributed by atoms with Crippen LogP contribution in [0.15, 0.2) is 0 Å². The maximum atomic E-state index is 8.48. The van der Waals surface area contributed by atoms with Crippen LogP contribution in [0, 0.1) is 17.7 Å². The van der Waals surface area contributed by atoms with Crippen molar-refractivity contribution in [2.75, 3.05) is 26.7 Å². The molecule has 2 fully saturated rings. The van der Waals surface area contributed by atoms with E-state index in [1.807, 2.05) is 0 Å². The molecule has 1 saturated heterocycles. The first kappa shape index (κ1) is 10.1. The summed E-state index contributed by atoms with van der Waals surface area (Å²) in [7, 11) is 2.19. The van der Waals surface area contributed by atoms with Gasteiger partial charge in [-0.2, -0.15) is 0 Å². The summed E-state index contributed by atoms with van der Waals surface area (Å²) in [6.07, 6.45) is 2.05. The molecule has 2 aliphatic rings. The number of hydrogen-bond acceptors (Lipinski definition) is 2. The van der Waals surface area contributed by atoms with E-state index in [4.69, 9.17) is 6.11 Å². The first-order chi connectivity index (χ1) is 7.27. The molecule has 0 aromatic rings. The minimum Gasteiger partial charge on any atom is -0.376 e. The van der Waals surface area contributed by atoms with Gasteiger partial charge in [0.25, 0.3) is 0 Å². The second-order valence-corrected chi connectivity index (χ2v) is 6.30. The van der Waals surface area contributed by atoms with Gasteiger partial charge >= 0.3 is 0 Å². The van der Waals surface area contributed by atoms with E-state index in [9.17, 15) is 0 Å². The molecule has 0 amide bonds. The number of fused-ring (bicyclic) bond motifs is 1. The van der Waals surface area contributed by atoms with Gasteiger partial charge < -0.3 is 9.64 Å². The monoisotopic (exact) mass is 212 g/mol. The maximum absolute atomic E-state index is 8.48. The van der Waals surface area contributed by atoms with Crippen LogP contribution in [0.1, 0.15) is 35.0 Å². The fraction of sp³-hybridized carbons (Fsp3) is 1.00. The smallest absolute Gasteiger partial charge is 0.0598 e. The lowest BCUT2D eigenvalue weighted by atomic mass is 10.0. The number of rotatable bonds is 2. The van der Waals surface area contributed by atoms with E-state index in [1.54, 1.807) is 0 Å². The van der Waals surface area contributed by atoms with E-state index in [-0.39, 0.29) is 11.5 Å². The zero-order valence-corrected chi connectivity index (χ0v) is 10.5. The minimum atomic E-state index is -0.316. The van der Waals surface area contributed by atoms with Gasteiger partial charge in [0.1, 0.15) is 0 Å². The van der Waals surface area contributed by atoms with Gasteiger partial charge in [0, 0.05) is 14.5 Å². The lowest BCUT2D eigenvalue weighted by molar-refractivity contribution is -0.0226. The van der Waals surface area contributed by atoms with E-state index in [0.29, 0.717) is 6.61 Å². The van der Waals surface area contributed by atoms with E-state index in [1.165, 1.54) is 13.1 Å². The summed E-state index contributed by atoms with van der Waals surface area (Å²) in [4.78, 5) is 2.40. The van der Waals surface area contributed by atoms with E-state index >= 15 is 0 Å². The van der Waals surface area contributed by atoms with Crippen molar-refractivity contribution in [1.82, 2.24) is 4.90 Å². The number of nitrogens with zero attached hydrogens (tertiary/aromatic N) is 1. The number of likely N-dealkylation sites (tertiary alicyclic amines) is 1. The molecule has 0 spiro atoms. The quantitative estimate of drug-likeness (QED) is 0.697. The second kappa shape index (κ2) is 4.06. The van der Waals surface area contributed by atoms with Crippen LogP contribution in [0.25, 0.3) is 0 Å². The van der Waals surface area contributed by atoms with Crippen molar-refractivity contribution in [2.45, 2.75) is 39.2 Å². The Kier molecular flexibility index (Phi) is 2.73. The predicted molar refractivity (Wildman–Crippen MR) is 62.9 cm³/mol. The van der Waals surface area contributed by atoms with Gasteiger partial charge in [-0.25, -0.2) is 0 Å². The predicted octanol–water partition coefficient (Wildman–Crippen LogP) is 2.39. The Balaban J connectivity index is 1.88. The molecule has 2 unspecified atom stereocenters. The molecular formula is C13H25NO. The number of ether oxygens (including phenoxy) is 1. The summed E-state index contributed by atoms with van der Waals surface area (Å²) in [5.74, 6) is 1.17. The molecule has 0 N–H and O–H groups in total. The van der Waals surface area contributed by atoms with Crippen LogP contribution in [0.5, 0.6) is 0 Å². The van der Waals surface area contributed by atoms with Crippen molar-refractivity contribution in [1.29, 1.82) is 0 Å². The van der Waals surface area contributed by atoms with Crippen LogP contribution in [0.2, 0.25) is 0 Å². The molecule has 15 heavy (non-hydrogen) atoms. The van der Waals surface area contributed by atoms with Crippen molar-refractivity contribution in [3.8, 4) is 0 Å². The van der Waals surface area contributed by atoms with Crippen LogP contribution in [0.4, 0.5) is 0 Å². The fourth-order valence-electron chi connectivity index (χ4n) is 2.90. The topological polar surface area (TPSA) is 12.5 Å². The van der Waals surface area contributed by atoms with Gasteiger partial charge in [-0.05, 0) is 58.4 Å². The third-order valence-corrected chi connectivity index (χ3v) is 3.57. The minimum absolute atomic E-state index is 0.109. The van der Waals surface area contributed by atoms with E-state index < -0.39 is 0 Å². The Morgan fingerprint density at radius 2 is 1.80 bits per heavy atom. The summed E-state index contributed by atoms with van der Waals surface area (Å²) in [6.45, 7) is 9.18. The van der Waals surface area contributed by atoms with Gasteiger partial charge in [-0.3, -0.25) is 0 Å². The largest absolute Gasteiger partial charge is 0.376 e. The Hall–Kier alpha value is -0.0800. The molecule has 1 aliphatic carbocycles. The Labute approximate surface area is 95.4 Å². The first-order valence-electron chi connectivity index (χ1n) is 6.60. The van der Waals surface area contributed by atoms with Crippen LogP contribution in [0.3, 0.4) is 0 Å². The van der Waals surface area contributed by atoms with Crippen LogP contribution >= 0.6 is 0 Å². The molecule has 1 saturated carbocycles. The molecule has 1 aliphatic heterocycles. The molecule has 88 valence electrons. The average Bonchev–Trinajstić information content (AvgIpc) is 2.54. The molecule has 2 atom stereocenters. The lowest BCUT2D eigenvalue weighted by Gasteiger charge is -2.23. The van der Waals surface area contributed by atoms with Crippen LogP contribution in [-0.2, 0) is 4.74 Å². The fourth-order valence-corrected chi connectivity index (χ4v) is 2.90. The van der Waals surface area contributed by atoms with Crippen molar-refractivity contribution < 1.29 is 6.11 Å². The molecule has 2 heteroatoms. The molecule has 2 nitrogen and oxygen atoms in total. The number of hydrogen-bond donors (Lipinski definition) is 0. The third kappa shape index (κ3) is 2.94. The average molecular weight is 212 g/mol. The summed E-state index contributed by atoms with van der Waals surface area (Å²) < 4.78 is 14.3. The molecule has 0 radical (unpaired) electrons. The molecule has 1 heterocycles.